The molecule has 0 aromatic heterocycles. The molecular formula is C16H21NO5S. The van der Waals surface area contributed by atoms with Crippen molar-refractivity contribution in [2.75, 3.05) is 19.7 Å². The van der Waals surface area contributed by atoms with Crippen LogP contribution in [0, 0.1) is 6.92 Å². The van der Waals surface area contributed by atoms with Crippen LogP contribution in [0.25, 0.3) is 0 Å². The van der Waals surface area contributed by atoms with Gasteiger partial charge in [0.1, 0.15) is 6.29 Å². The number of rotatable bonds is 9. The van der Waals surface area contributed by atoms with Gasteiger partial charge < -0.3 is 9.53 Å². The fourth-order valence-electron chi connectivity index (χ4n) is 1.85. The number of hydrogen-bond acceptors (Lipinski definition) is 5. The van der Waals surface area contributed by atoms with E-state index in [1.807, 2.05) is 6.92 Å². The summed E-state index contributed by atoms with van der Waals surface area (Å²) in [7, 11) is -3.83. The minimum atomic E-state index is -3.83. The molecule has 0 fully saturated rings. The Morgan fingerprint density at radius 2 is 1.91 bits per heavy atom. The van der Waals surface area contributed by atoms with Crippen molar-refractivity contribution in [3.8, 4) is 0 Å². The van der Waals surface area contributed by atoms with Gasteiger partial charge in [-0.3, -0.25) is 0 Å². The highest BCUT2D eigenvalue weighted by Gasteiger charge is 2.26. The number of esters is 1. The quantitative estimate of drug-likeness (QED) is 0.388. The second-order valence-electron chi connectivity index (χ2n) is 4.93. The first kappa shape index (κ1) is 19.1. The molecule has 0 saturated carbocycles. The number of carbonyl (C=O) groups excluding carboxylic acids is 2. The molecule has 6 nitrogen and oxygen atoms in total. The van der Waals surface area contributed by atoms with Gasteiger partial charge in [0.2, 0.25) is 10.0 Å². The molecule has 1 aromatic carbocycles. The number of sulfonamides is 1. The summed E-state index contributed by atoms with van der Waals surface area (Å²) < 4.78 is 31.2. The predicted octanol–water partition coefficient (Wildman–Crippen LogP) is 1.69. The van der Waals surface area contributed by atoms with E-state index < -0.39 is 16.0 Å². The van der Waals surface area contributed by atoms with Crippen LogP contribution in [-0.4, -0.2) is 44.7 Å². The average molecular weight is 339 g/mol. The Morgan fingerprint density at radius 3 is 2.43 bits per heavy atom. The van der Waals surface area contributed by atoms with Gasteiger partial charge >= 0.3 is 5.97 Å². The molecule has 0 N–H and O–H groups in total. The Hall–Kier alpha value is -1.99. The van der Waals surface area contributed by atoms with E-state index >= 15 is 0 Å². The Morgan fingerprint density at radius 1 is 1.30 bits per heavy atom. The Labute approximate surface area is 136 Å². The number of hydrogen-bond donors (Lipinski definition) is 0. The summed E-state index contributed by atoms with van der Waals surface area (Å²) in [4.78, 5) is 22.4. The van der Waals surface area contributed by atoms with E-state index in [-0.39, 0.29) is 36.6 Å². The standard InChI is InChI=1S/C16H21NO5S/c1-4-22-16(19)14(3)12-17(10-5-11-18)23(20,21)15-8-6-13(2)7-9-15/h6-9,11H,3-5,10,12H2,1-2H3. The van der Waals surface area contributed by atoms with Crippen LogP contribution in [-0.2, 0) is 24.3 Å². The third-order valence-corrected chi connectivity index (χ3v) is 4.95. The molecule has 0 aliphatic carbocycles. The van der Waals surface area contributed by atoms with Gasteiger partial charge in [0, 0.05) is 25.1 Å². The van der Waals surface area contributed by atoms with Crippen LogP contribution >= 0.6 is 0 Å². The number of benzene rings is 1. The predicted molar refractivity (Wildman–Crippen MR) is 86.4 cm³/mol. The van der Waals surface area contributed by atoms with E-state index in [4.69, 9.17) is 4.74 Å². The highest BCUT2D eigenvalue weighted by molar-refractivity contribution is 7.89. The number of nitrogens with zero attached hydrogens (tertiary/aromatic N) is 1. The molecule has 0 bridgehead atoms. The summed E-state index contributed by atoms with van der Waals surface area (Å²) >= 11 is 0. The van der Waals surface area contributed by atoms with Crippen molar-refractivity contribution in [3.05, 3.63) is 42.0 Å². The largest absolute Gasteiger partial charge is 0.463 e. The number of aryl methyl sites for hydroxylation is 1. The van der Waals surface area contributed by atoms with Crippen molar-refractivity contribution >= 4 is 22.3 Å². The molecule has 0 aliphatic rings. The van der Waals surface area contributed by atoms with Gasteiger partial charge in [-0.05, 0) is 26.0 Å². The Kier molecular flexibility index (Phi) is 7.12. The number of aldehydes is 1. The van der Waals surface area contributed by atoms with E-state index in [9.17, 15) is 18.0 Å². The maximum Gasteiger partial charge on any atom is 0.334 e. The van der Waals surface area contributed by atoms with Crippen molar-refractivity contribution in [1.29, 1.82) is 0 Å². The maximum absolute atomic E-state index is 12.7. The van der Waals surface area contributed by atoms with Crippen molar-refractivity contribution in [3.63, 3.8) is 0 Å². The van der Waals surface area contributed by atoms with E-state index in [0.29, 0.717) is 6.29 Å². The lowest BCUT2D eigenvalue weighted by molar-refractivity contribution is -0.138. The molecule has 0 atom stereocenters. The number of ether oxygens (including phenoxy) is 1. The molecule has 126 valence electrons. The van der Waals surface area contributed by atoms with Crippen molar-refractivity contribution < 1.29 is 22.7 Å². The summed E-state index contributed by atoms with van der Waals surface area (Å²) in [6, 6.07) is 6.35. The van der Waals surface area contributed by atoms with E-state index in [1.54, 1.807) is 19.1 Å². The fourth-order valence-corrected chi connectivity index (χ4v) is 3.30. The first-order valence-corrected chi connectivity index (χ1v) is 8.62. The lowest BCUT2D eigenvalue weighted by Crippen LogP contribution is -2.35. The molecule has 0 saturated heterocycles. The summed E-state index contributed by atoms with van der Waals surface area (Å²) in [5, 5.41) is 0. The van der Waals surface area contributed by atoms with E-state index in [2.05, 4.69) is 6.58 Å². The summed E-state index contributed by atoms with van der Waals surface area (Å²) in [5.74, 6) is -0.650. The van der Waals surface area contributed by atoms with Crippen molar-refractivity contribution in [2.24, 2.45) is 0 Å². The van der Waals surface area contributed by atoms with Crippen LogP contribution in [0.3, 0.4) is 0 Å². The molecule has 7 heteroatoms. The molecule has 23 heavy (non-hydrogen) atoms. The van der Waals surface area contributed by atoms with Crippen LogP contribution in [0.2, 0.25) is 0 Å². The van der Waals surface area contributed by atoms with Crippen LogP contribution in [0.4, 0.5) is 0 Å². The molecule has 0 spiro atoms. The summed E-state index contributed by atoms with van der Waals surface area (Å²) in [6.45, 7) is 7.00. The molecule has 0 aliphatic heterocycles. The maximum atomic E-state index is 12.7. The van der Waals surface area contributed by atoms with Crippen molar-refractivity contribution in [2.45, 2.75) is 25.2 Å². The lowest BCUT2D eigenvalue weighted by atomic mass is 10.2. The first-order valence-electron chi connectivity index (χ1n) is 7.18. The SMILES string of the molecule is C=C(CN(CCC=O)S(=O)(=O)c1ccc(C)cc1)C(=O)OCC. The minimum Gasteiger partial charge on any atom is -0.463 e. The molecule has 1 aromatic rings. The highest BCUT2D eigenvalue weighted by Crippen LogP contribution is 2.18. The van der Waals surface area contributed by atoms with Gasteiger partial charge in [0.05, 0.1) is 11.5 Å². The van der Waals surface area contributed by atoms with Crippen LogP contribution in [0.1, 0.15) is 18.9 Å². The van der Waals surface area contributed by atoms with Crippen molar-refractivity contribution in [1.82, 2.24) is 4.31 Å². The molecule has 0 heterocycles. The second kappa shape index (κ2) is 8.59. The van der Waals surface area contributed by atoms with Gasteiger partial charge in [-0.15, -0.1) is 0 Å². The van der Waals surface area contributed by atoms with E-state index in [0.717, 1.165) is 9.87 Å². The molecular weight excluding hydrogens is 318 g/mol. The summed E-state index contributed by atoms with van der Waals surface area (Å²) in [5.41, 5.74) is 0.952. The smallest absolute Gasteiger partial charge is 0.334 e. The molecule has 0 amide bonds. The van der Waals surface area contributed by atoms with Crippen LogP contribution in [0.5, 0.6) is 0 Å². The zero-order valence-corrected chi connectivity index (χ0v) is 14.1. The van der Waals surface area contributed by atoms with Gasteiger partial charge in [-0.25, -0.2) is 13.2 Å². The zero-order valence-electron chi connectivity index (χ0n) is 13.3. The monoisotopic (exact) mass is 339 g/mol. The average Bonchev–Trinajstić information content (AvgIpc) is 2.51. The third kappa shape index (κ3) is 5.30. The third-order valence-electron chi connectivity index (χ3n) is 3.09. The Balaban J connectivity index is 3.04. The zero-order chi connectivity index (χ0) is 17.5. The Bertz CT molecular complexity index is 664. The van der Waals surface area contributed by atoms with Gasteiger partial charge in [-0.1, -0.05) is 24.3 Å². The first-order chi connectivity index (χ1) is 10.8. The molecule has 1 rings (SSSR count). The lowest BCUT2D eigenvalue weighted by Gasteiger charge is -2.22. The number of carbonyl (C=O) groups is 2. The van der Waals surface area contributed by atoms with E-state index in [1.165, 1.54) is 12.1 Å². The highest BCUT2D eigenvalue weighted by atomic mass is 32.2. The topological polar surface area (TPSA) is 80.8 Å². The fraction of sp³-hybridized carbons (Fsp3) is 0.375. The van der Waals surface area contributed by atoms with Gasteiger partial charge in [0.15, 0.2) is 0 Å². The van der Waals surface area contributed by atoms with Crippen LogP contribution < -0.4 is 0 Å². The van der Waals surface area contributed by atoms with Gasteiger partial charge in [0.25, 0.3) is 0 Å². The summed E-state index contributed by atoms with van der Waals surface area (Å²) in [6.07, 6.45) is 0.659. The molecule has 0 unspecified atom stereocenters. The van der Waals surface area contributed by atoms with Gasteiger partial charge in [-0.2, -0.15) is 4.31 Å². The second-order valence-corrected chi connectivity index (χ2v) is 6.87. The normalized spacial score (nSPS) is 11.3. The minimum absolute atomic E-state index is 0.0217. The van der Waals surface area contributed by atoms with Crippen LogP contribution in [0.15, 0.2) is 41.3 Å². The molecule has 0 radical (unpaired) electrons.